The van der Waals surface area contributed by atoms with Crippen LogP contribution in [0.2, 0.25) is 0 Å². The molecule has 0 aliphatic carbocycles. The maximum atomic E-state index is 5.99. The van der Waals surface area contributed by atoms with Gasteiger partial charge in [-0.3, -0.25) is 0 Å². The summed E-state index contributed by atoms with van der Waals surface area (Å²) in [6, 6.07) is 2.40. The first kappa shape index (κ1) is 9.90. The van der Waals surface area contributed by atoms with E-state index in [1.807, 2.05) is 16.8 Å². The van der Waals surface area contributed by atoms with Crippen molar-refractivity contribution in [3.05, 3.63) is 24.7 Å². The van der Waals surface area contributed by atoms with Crippen molar-refractivity contribution in [1.29, 1.82) is 0 Å². The average Bonchev–Trinajstić information content (AvgIpc) is 2.96. The molecule has 1 aliphatic rings. The largest absolute Gasteiger partial charge is 0.351 e. The maximum absolute atomic E-state index is 5.99. The molecule has 4 nitrogen and oxygen atoms in total. The molecule has 0 amide bonds. The predicted octanol–water partition coefficient (Wildman–Crippen LogP) is 1.94. The molecule has 2 aromatic rings. The van der Waals surface area contributed by atoms with Gasteiger partial charge in [0.2, 0.25) is 0 Å². The molecule has 5 heteroatoms. The minimum atomic E-state index is 0.412. The van der Waals surface area contributed by atoms with Gasteiger partial charge >= 0.3 is 0 Å². The highest BCUT2D eigenvalue weighted by atomic mass is 35.5. The Morgan fingerprint density at radius 3 is 3.25 bits per heavy atom. The highest BCUT2D eigenvalue weighted by molar-refractivity contribution is 6.18. The van der Waals surface area contributed by atoms with Gasteiger partial charge in [0.05, 0.1) is 6.20 Å². The number of halogens is 1. The van der Waals surface area contributed by atoms with Gasteiger partial charge in [-0.25, -0.2) is 9.50 Å². The molecule has 3 heterocycles. The number of hydrogen-bond acceptors (Lipinski definition) is 3. The molecular formula is C11H13ClN4. The van der Waals surface area contributed by atoms with Gasteiger partial charge in [-0.2, -0.15) is 5.10 Å². The molecule has 0 radical (unpaired) electrons. The highest BCUT2D eigenvalue weighted by Crippen LogP contribution is 2.27. The van der Waals surface area contributed by atoms with Crippen molar-refractivity contribution in [1.82, 2.24) is 14.6 Å². The first-order valence-electron chi connectivity index (χ1n) is 5.51. The van der Waals surface area contributed by atoms with Gasteiger partial charge in [-0.05, 0) is 18.9 Å². The number of hydrogen-bond donors (Lipinski definition) is 0. The third-order valence-electron chi connectivity index (χ3n) is 3.13. The standard InChI is InChI=1S/C11H13ClN4/c12-8-9-2-1-6-15(9)11-10-3-4-14-16(10)7-5-13-11/h3-5,7,9H,1-2,6,8H2. The van der Waals surface area contributed by atoms with E-state index in [1.54, 1.807) is 12.4 Å². The van der Waals surface area contributed by atoms with Crippen molar-refractivity contribution in [2.24, 2.45) is 0 Å². The zero-order chi connectivity index (χ0) is 11.0. The molecule has 0 saturated carbocycles. The molecule has 3 rings (SSSR count). The summed E-state index contributed by atoms with van der Waals surface area (Å²) in [6.07, 6.45) is 7.80. The number of rotatable bonds is 2. The van der Waals surface area contributed by atoms with Crippen LogP contribution in [-0.2, 0) is 0 Å². The van der Waals surface area contributed by atoms with Gasteiger partial charge in [-0.1, -0.05) is 0 Å². The van der Waals surface area contributed by atoms with E-state index in [0.29, 0.717) is 11.9 Å². The minimum absolute atomic E-state index is 0.412. The van der Waals surface area contributed by atoms with Gasteiger partial charge in [0.15, 0.2) is 5.82 Å². The van der Waals surface area contributed by atoms with Crippen LogP contribution in [0.4, 0.5) is 5.82 Å². The maximum Gasteiger partial charge on any atom is 0.154 e. The zero-order valence-electron chi connectivity index (χ0n) is 8.88. The Bertz CT molecular complexity index is 495. The van der Waals surface area contributed by atoms with Gasteiger partial charge in [0.25, 0.3) is 0 Å². The third kappa shape index (κ3) is 1.45. The molecule has 84 valence electrons. The Morgan fingerprint density at radius 1 is 1.44 bits per heavy atom. The Morgan fingerprint density at radius 2 is 2.38 bits per heavy atom. The van der Waals surface area contributed by atoms with Crippen LogP contribution in [0.1, 0.15) is 12.8 Å². The van der Waals surface area contributed by atoms with Crippen LogP contribution in [0.25, 0.3) is 5.52 Å². The normalized spacial score (nSPS) is 20.8. The molecule has 1 unspecified atom stereocenters. The first-order chi connectivity index (χ1) is 7.90. The minimum Gasteiger partial charge on any atom is -0.351 e. The van der Waals surface area contributed by atoms with Gasteiger partial charge in [-0.15, -0.1) is 11.6 Å². The lowest BCUT2D eigenvalue weighted by molar-refractivity contribution is 0.732. The molecule has 0 spiro atoms. The van der Waals surface area contributed by atoms with Crippen LogP contribution in [0, 0.1) is 0 Å². The van der Waals surface area contributed by atoms with E-state index in [2.05, 4.69) is 15.0 Å². The quantitative estimate of drug-likeness (QED) is 0.748. The summed E-state index contributed by atoms with van der Waals surface area (Å²) in [5.41, 5.74) is 1.06. The molecule has 2 aromatic heterocycles. The average molecular weight is 237 g/mol. The number of alkyl halides is 1. The Hall–Kier alpha value is -1.29. The van der Waals surface area contributed by atoms with E-state index in [4.69, 9.17) is 11.6 Å². The molecule has 0 aromatic carbocycles. The fraction of sp³-hybridized carbons (Fsp3) is 0.455. The second-order valence-corrected chi connectivity index (χ2v) is 4.36. The fourth-order valence-corrected chi connectivity index (χ4v) is 2.66. The summed E-state index contributed by atoms with van der Waals surface area (Å²) in [7, 11) is 0. The van der Waals surface area contributed by atoms with Crippen molar-refractivity contribution < 1.29 is 0 Å². The summed E-state index contributed by atoms with van der Waals surface area (Å²) >= 11 is 5.99. The molecule has 16 heavy (non-hydrogen) atoms. The van der Waals surface area contributed by atoms with Gasteiger partial charge in [0.1, 0.15) is 5.52 Å². The van der Waals surface area contributed by atoms with E-state index < -0.39 is 0 Å². The second kappa shape index (κ2) is 3.94. The van der Waals surface area contributed by atoms with Crippen molar-refractivity contribution in [3.8, 4) is 0 Å². The van der Waals surface area contributed by atoms with Crippen LogP contribution in [-0.4, -0.2) is 33.1 Å². The zero-order valence-corrected chi connectivity index (χ0v) is 9.64. The number of fused-ring (bicyclic) bond motifs is 1. The van der Waals surface area contributed by atoms with Crippen LogP contribution in [0.3, 0.4) is 0 Å². The summed E-state index contributed by atoms with van der Waals surface area (Å²) in [5, 5.41) is 4.22. The summed E-state index contributed by atoms with van der Waals surface area (Å²) in [5.74, 6) is 1.67. The predicted molar refractivity (Wildman–Crippen MR) is 64.1 cm³/mol. The van der Waals surface area contributed by atoms with E-state index in [-0.39, 0.29) is 0 Å². The molecule has 1 atom stereocenters. The topological polar surface area (TPSA) is 33.4 Å². The fourth-order valence-electron chi connectivity index (χ4n) is 2.34. The van der Waals surface area contributed by atoms with Crippen molar-refractivity contribution in [2.45, 2.75) is 18.9 Å². The smallest absolute Gasteiger partial charge is 0.154 e. The Balaban J connectivity index is 2.07. The molecular weight excluding hydrogens is 224 g/mol. The van der Waals surface area contributed by atoms with Gasteiger partial charge < -0.3 is 4.90 Å². The SMILES string of the molecule is ClCC1CCCN1c1nccn2nccc12. The molecule has 0 N–H and O–H groups in total. The third-order valence-corrected chi connectivity index (χ3v) is 3.49. The van der Waals surface area contributed by atoms with Crippen molar-refractivity contribution in [2.75, 3.05) is 17.3 Å². The summed E-state index contributed by atoms with van der Waals surface area (Å²) < 4.78 is 1.85. The monoisotopic (exact) mass is 236 g/mol. The Labute approximate surface area is 98.8 Å². The summed E-state index contributed by atoms with van der Waals surface area (Å²) in [4.78, 5) is 6.76. The lowest BCUT2D eigenvalue weighted by Gasteiger charge is -2.24. The molecule has 0 bridgehead atoms. The number of nitrogens with zero attached hydrogens (tertiary/aromatic N) is 4. The van der Waals surface area contributed by atoms with Gasteiger partial charge in [0, 0.05) is 30.9 Å². The lowest BCUT2D eigenvalue weighted by atomic mass is 10.2. The highest BCUT2D eigenvalue weighted by Gasteiger charge is 2.26. The number of aromatic nitrogens is 3. The van der Waals surface area contributed by atoms with Crippen molar-refractivity contribution in [3.63, 3.8) is 0 Å². The molecule has 1 saturated heterocycles. The van der Waals surface area contributed by atoms with Crippen LogP contribution >= 0.6 is 11.6 Å². The van der Waals surface area contributed by atoms with E-state index >= 15 is 0 Å². The van der Waals surface area contributed by atoms with E-state index in [1.165, 1.54) is 6.42 Å². The molecule has 1 fully saturated rings. The molecule has 1 aliphatic heterocycles. The first-order valence-corrected chi connectivity index (χ1v) is 6.04. The van der Waals surface area contributed by atoms with Crippen LogP contribution < -0.4 is 4.90 Å². The second-order valence-electron chi connectivity index (χ2n) is 4.06. The van der Waals surface area contributed by atoms with Crippen molar-refractivity contribution >= 4 is 22.9 Å². The van der Waals surface area contributed by atoms with E-state index in [0.717, 1.165) is 24.3 Å². The Kier molecular flexibility index (Phi) is 2.44. The van der Waals surface area contributed by atoms with E-state index in [9.17, 15) is 0 Å². The van der Waals surface area contributed by atoms with Crippen LogP contribution in [0.5, 0.6) is 0 Å². The lowest BCUT2D eigenvalue weighted by Crippen LogP contribution is -2.31. The van der Waals surface area contributed by atoms with Crippen LogP contribution in [0.15, 0.2) is 24.7 Å². The summed E-state index contributed by atoms with van der Waals surface area (Å²) in [6.45, 7) is 1.04. The number of anilines is 1.